The number of aromatic nitrogens is 2. The second kappa shape index (κ2) is 11.6. The summed E-state index contributed by atoms with van der Waals surface area (Å²) in [6.07, 6.45) is 0.995. The van der Waals surface area contributed by atoms with Crippen LogP contribution in [-0.4, -0.2) is 54.7 Å². The number of hydrogen-bond acceptors (Lipinski definition) is 7. The van der Waals surface area contributed by atoms with E-state index in [0.29, 0.717) is 30.7 Å². The van der Waals surface area contributed by atoms with Gasteiger partial charge < -0.3 is 18.8 Å². The number of thioether (sulfide) groups is 1. The Kier molecular flexibility index (Phi) is 8.59. The Balaban J connectivity index is 1.39. The first-order valence-corrected chi connectivity index (χ1v) is 11.2. The Labute approximate surface area is 182 Å². The standard InChI is InChI=1S/C23H29N3O3S/c1-18-7-4-5-8-21(18)28-15-16-30-17-22-24-25-23(29-22)19-9-11-20(12-10-19)27-14-6-13-26(2)3/h4-5,7-12H,6,13-17H2,1-3H3. The highest BCUT2D eigenvalue weighted by Gasteiger charge is 2.09. The first-order chi connectivity index (χ1) is 14.6. The Bertz CT molecular complexity index is 897. The molecular weight excluding hydrogens is 398 g/mol. The van der Waals surface area contributed by atoms with Gasteiger partial charge in [-0.25, -0.2) is 0 Å². The zero-order valence-corrected chi connectivity index (χ0v) is 18.7. The van der Waals surface area contributed by atoms with Crippen LogP contribution in [0.2, 0.25) is 0 Å². The summed E-state index contributed by atoms with van der Waals surface area (Å²) in [5, 5.41) is 8.31. The molecule has 3 aromatic rings. The summed E-state index contributed by atoms with van der Waals surface area (Å²) in [5.41, 5.74) is 2.04. The summed E-state index contributed by atoms with van der Waals surface area (Å²) in [5.74, 6) is 4.45. The van der Waals surface area contributed by atoms with Gasteiger partial charge in [-0.2, -0.15) is 0 Å². The minimum atomic E-state index is 0.529. The number of rotatable bonds is 12. The van der Waals surface area contributed by atoms with Crippen molar-refractivity contribution in [3.8, 4) is 23.0 Å². The van der Waals surface area contributed by atoms with Gasteiger partial charge in [0.05, 0.1) is 19.0 Å². The fourth-order valence-electron chi connectivity index (χ4n) is 2.78. The molecule has 0 saturated heterocycles. The van der Waals surface area contributed by atoms with Gasteiger partial charge in [-0.3, -0.25) is 0 Å². The SMILES string of the molecule is Cc1ccccc1OCCSCc1nnc(-c2ccc(OCCCN(C)C)cc2)o1. The molecule has 1 aromatic heterocycles. The highest BCUT2D eigenvalue weighted by atomic mass is 32.2. The molecule has 0 atom stereocenters. The molecule has 0 saturated carbocycles. The van der Waals surface area contributed by atoms with Crippen LogP contribution in [0.25, 0.3) is 11.5 Å². The van der Waals surface area contributed by atoms with Crippen LogP contribution in [0.5, 0.6) is 11.5 Å². The molecule has 0 spiro atoms. The van der Waals surface area contributed by atoms with E-state index >= 15 is 0 Å². The maximum atomic E-state index is 5.81. The van der Waals surface area contributed by atoms with Crippen LogP contribution in [0.3, 0.4) is 0 Å². The second-order valence-corrected chi connectivity index (χ2v) is 8.30. The predicted octanol–water partition coefficient (Wildman–Crippen LogP) is 4.69. The molecule has 7 heteroatoms. The quantitative estimate of drug-likeness (QED) is 0.389. The summed E-state index contributed by atoms with van der Waals surface area (Å²) in [6.45, 7) is 4.41. The fourth-order valence-corrected chi connectivity index (χ4v) is 3.42. The maximum absolute atomic E-state index is 5.81. The van der Waals surface area contributed by atoms with Crippen LogP contribution in [-0.2, 0) is 5.75 Å². The number of aryl methyl sites for hydroxylation is 1. The van der Waals surface area contributed by atoms with E-state index in [4.69, 9.17) is 13.9 Å². The van der Waals surface area contributed by atoms with Crippen molar-refractivity contribution in [2.75, 3.05) is 39.6 Å². The third-order valence-corrected chi connectivity index (χ3v) is 5.30. The predicted molar refractivity (Wildman–Crippen MR) is 121 cm³/mol. The lowest BCUT2D eigenvalue weighted by Gasteiger charge is -2.10. The van der Waals surface area contributed by atoms with Gasteiger partial charge in [0, 0.05) is 17.9 Å². The normalized spacial score (nSPS) is 11.1. The van der Waals surface area contributed by atoms with E-state index < -0.39 is 0 Å². The molecule has 0 aliphatic carbocycles. The summed E-state index contributed by atoms with van der Waals surface area (Å²) in [6, 6.07) is 15.8. The van der Waals surface area contributed by atoms with Gasteiger partial charge in [-0.1, -0.05) is 18.2 Å². The second-order valence-electron chi connectivity index (χ2n) is 7.20. The van der Waals surface area contributed by atoms with Gasteiger partial charge in [0.15, 0.2) is 0 Å². The van der Waals surface area contributed by atoms with Crippen molar-refractivity contribution in [2.45, 2.75) is 19.1 Å². The van der Waals surface area contributed by atoms with Crippen molar-refractivity contribution in [1.82, 2.24) is 15.1 Å². The molecule has 0 unspecified atom stereocenters. The topological polar surface area (TPSA) is 60.6 Å². The van der Waals surface area contributed by atoms with Gasteiger partial charge in [0.25, 0.3) is 0 Å². The van der Waals surface area contributed by atoms with E-state index in [9.17, 15) is 0 Å². The van der Waals surface area contributed by atoms with E-state index in [2.05, 4.69) is 29.2 Å². The van der Waals surface area contributed by atoms with Crippen LogP contribution in [0.4, 0.5) is 0 Å². The number of ether oxygens (including phenoxy) is 2. The lowest BCUT2D eigenvalue weighted by molar-refractivity contribution is 0.281. The summed E-state index contributed by atoms with van der Waals surface area (Å²) in [4.78, 5) is 2.15. The van der Waals surface area contributed by atoms with Crippen molar-refractivity contribution in [2.24, 2.45) is 0 Å². The average Bonchev–Trinajstić information content (AvgIpc) is 3.21. The van der Waals surface area contributed by atoms with Crippen molar-refractivity contribution in [1.29, 1.82) is 0 Å². The fraction of sp³-hybridized carbons (Fsp3) is 0.391. The lowest BCUT2D eigenvalue weighted by Crippen LogP contribution is -2.15. The lowest BCUT2D eigenvalue weighted by atomic mass is 10.2. The Morgan fingerprint density at radius 2 is 1.77 bits per heavy atom. The molecule has 6 nitrogen and oxygen atoms in total. The van der Waals surface area contributed by atoms with E-state index in [1.165, 1.54) is 0 Å². The minimum absolute atomic E-state index is 0.529. The summed E-state index contributed by atoms with van der Waals surface area (Å²) in [7, 11) is 4.12. The summed E-state index contributed by atoms with van der Waals surface area (Å²) >= 11 is 1.71. The largest absolute Gasteiger partial charge is 0.494 e. The molecule has 2 aromatic carbocycles. The van der Waals surface area contributed by atoms with Crippen LogP contribution in [0.1, 0.15) is 17.9 Å². The molecule has 3 rings (SSSR count). The van der Waals surface area contributed by atoms with Gasteiger partial charge in [0.1, 0.15) is 11.5 Å². The molecule has 0 N–H and O–H groups in total. The summed E-state index contributed by atoms with van der Waals surface area (Å²) < 4.78 is 17.4. The van der Waals surface area contributed by atoms with Crippen molar-refractivity contribution < 1.29 is 13.9 Å². The van der Waals surface area contributed by atoms with Gasteiger partial charge in [-0.15, -0.1) is 22.0 Å². The molecule has 0 bridgehead atoms. The van der Waals surface area contributed by atoms with Crippen molar-refractivity contribution >= 4 is 11.8 Å². The molecule has 0 fully saturated rings. The zero-order valence-electron chi connectivity index (χ0n) is 17.8. The molecule has 30 heavy (non-hydrogen) atoms. The van der Waals surface area contributed by atoms with Crippen LogP contribution in [0.15, 0.2) is 52.9 Å². The van der Waals surface area contributed by atoms with E-state index in [0.717, 1.165) is 41.3 Å². The van der Waals surface area contributed by atoms with E-state index in [1.54, 1.807) is 11.8 Å². The van der Waals surface area contributed by atoms with Crippen LogP contribution >= 0.6 is 11.8 Å². The van der Waals surface area contributed by atoms with Crippen LogP contribution in [0, 0.1) is 6.92 Å². The average molecular weight is 428 g/mol. The first kappa shape index (κ1) is 22.2. The van der Waals surface area contributed by atoms with Crippen molar-refractivity contribution in [3.05, 3.63) is 60.0 Å². The van der Waals surface area contributed by atoms with Crippen LogP contribution < -0.4 is 9.47 Å². The zero-order chi connectivity index (χ0) is 21.2. The van der Waals surface area contributed by atoms with E-state index in [1.807, 2.05) is 55.5 Å². The molecule has 0 amide bonds. The third-order valence-electron chi connectivity index (χ3n) is 4.39. The monoisotopic (exact) mass is 427 g/mol. The minimum Gasteiger partial charge on any atom is -0.494 e. The number of benzene rings is 2. The number of para-hydroxylation sites is 1. The highest BCUT2D eigenvalue weighted by Crippen LogP contribution is 2.23. The molecule has 160 valence electrons. The smallest absolute Gasteiger partial charge is 0.247 e. The first-order valence-electron chi connectivity index (χ1n) is 10.1. The maximum Gasteiger partial charge on any atom is 0.247 e. The third kappa shape index (κ3) is 7.07. The highest BCUT2D eigenvalue weighted by molar-refractivity contribution is 7.98. The Hall–Kier alpha value is -2.51. The van der Waals surface area contributed by atoms with Gasteiger partial charge in [-0.05, 0) is 63.3 Å². The molecule has 0 aliphatic heterocycles. The number of nitrogens with zero attached hydrogens (tertiary/aromatic N) is 3. The molecule has 0 aliphatic rings. The Morgan fingerprint density at radius 1 is 0.967 bits per heavy atom. The Morgan fingerprint density at radius 3 is 2.53 bits per heavy atom. The van der Waals surface area contributed by atoms with Gasteiger partial charge in [0.2, 0.25) is 11.8 Å². The molecular formula is C23H29N3O3S. The van der Waals surface area contributed by atoms with Gasteiger partial charge >= 0.3 is 0 Å². The number of hydrogen-bond donors (Lipinski definition) is 0. The molecule has 0 radical (unpaired) electrons. The molecule has 1 heterocycles. The van der Waals surface area contributed by atoms with E-state index in [-0.39, 0.29) is 0 Å². The van der Waals surface area contributed by atoms with Crippen molar-refractivity contribution in [3.63, 3.8) is 0 Å².